The maximum atomic E-state index is 4.86. The number of aromatic nitrogens is 5. The Hall–Kier alpha value is -5.79. The summed E-state index contributed by atoms with van der Waals surface area (Å²) in [5.74, 6) is 0.429. The topological polar surface area (TPSA) is 83.8 Å². The van der Waals surface area contributed by atoms with Crippen LogP contribution in [-0.4, -0.2) is 28.3 Å². The van der Waals surface area contributed by atoms with Crippen LogP contribution in [0, 0.1) is 0 Å². The van der Waals surface area contributed by atoms with Gasteiger partial charge in [0, 0.05) is 35.0 Å². The zero-order valence-electron chi connectivity index (χ0n) is 25.8. The van der Waals surface area contributed by atoms with Gasteiger partial charge in [-0.15, -0.1) is 14.6 Å². The van der Waals surface area contributed by atoms with E-state index in [1.807, 2.05) is 67.2 Å². The molecule has 45 heavy (non-hydrogen) atoms. The van der Waals surface area contributed by atoms with Crippen molar-refractivity contribution < 1.29 is 4.79 Å². The van der Waals surface area contributed by atoms with Crippen LogP contribution >= 0.6 is 0 Å². The van der Waals surface area contributed by atoms with Gasteiger partial charge in [-0.05, 0) is 31.1 Å². The molecule has 7 rings (SSSR count). The summed E-state index contributed by atoms with van der Waals surface area (Å²) in [7, 11) is 3.73. The highest BCUT2D eigenvalue weighted by molar-refractivity contribution is 6.01. The Morgan fingerprint density at radius 3 is 1.64 bits per heavy atom. The Labute approximate surface area is 260 Å². The quantitative estimate of drug-likeness (QED) is 0.135. The van der Waals surface area contributed by atoms with Gasteiger partial charge in [0.1, 0.15) is 11.4 Å². The van der Waals surface area contributed by atoms with Crippen molar-refractivity contribution in [2.45, 2.75) is 26.9 Å². The molecule has 3 aromatic heterocycles. The van der Waals surface area contributed by atoms with Gasteiger partial charge >= 0.3 is 11.6 Å². The van der Waals surface area contributed by atoms with Crippen LogP contribution in [0.1, 0.15) is 13.8 Å². The maximum absolute atomic E-state index is 4.86. The van der Waals surface area contributed by atoms with E-state index in [1.165, 1.54) is 0 Å². The van der Waals surface area contributed by atoms with Crippen LogP contribution in [0.4, 0.5) is 17.3 Å². The average molecular weight is 593 g/mol. The highest BCUT2D eigenvalue weighted by Gasteiger charge is 2.21. The fourth-order valence-corrected chi connectivity index (χ4v) is 6.17. The van der Waals surface area contributed by atoms with Crippen molar-refractivity contribution in [1.82, 2.24) is 23.5 Å². The highest BCUT2D eigenvalue weighted by atomic mass is 15.4. The Bertz CT molecular complexity index is 2290. The lowest BCUT2D eigenvalue weighted by Crippen LogP contribution is -2.23. The first-order valence-corrected chi connectivity index (χ1v) is 15.2. The molecule has 0 N–H and O–H groups in total. The minimum absolute atomic E-state index is 0.429. The third kappa shape index (κ3) is 4.80. The van der Waals surface area contributed by atoms with Gasteiger partial charge in [0.2, 0.25) is 0 Å². The lowest BCUT2D eigenvalue weighted by Gasteiger charge is -2.08. The molecule has 0 aliphatic rings. The monoisotopic (exact) mass is 592 g/mol. The molecule has 3 heterocycles. The molecule has 0 amide bonds. The van der Waals surface area contributed by atoms with Gasteiger partial charge in [-0.2, -0.15) is 4.57 Å². The van der Waals surface area contributed by atoms with E-state index in [2.05, 4.69) is 93.9 Å². The summed E-state index contributed by atoms with van der Waals surface area (Å²) in [4.78, 5) is 4.74. The Morgan fingerprint density at radius 1 is 0.600 bits per heavy atom. The molecular weight excluding hydrogens is 558 g/mol. The predicted molar refractivity (Wildman–Crippen MR) is 178 cm³/mol. The first kappa shape index (κ1) is 28.0. The fourth-order valence-electron chi connectivity index (χ4n) is 6.17. The molecule has 7 aromatic rings. The number of benzene rings is 4. The second kappa shape index (κ2) is 11.7. The number of para-hydroxylation sites is 2. The molecule has 0 saturated heterocycles. The second-order valence-electron chi connectivity index (χ2n) is 10.8. The Kier molecular flexibility index (Phi) is 7.29. The van der Waals surface area contributed by atoms with Crippen molar-refractivity contribution in [3.05, 3.63) is 115 Å². The summed E-state index contributed by atoms with van der Waals surface area (Å²) in [6.45, 7) is 5.92. The standard InChI is InChI=1S/C36H34N9/c1-5-44-29-23-15-13-21-27(29)31(33(44)25-17-9-7-10-18-25)37-39-35-41-43(4)36(42(35)3)40-38-32-28-22-14-16-24-30(28)45(6-2)34(32)26-19-11-8-12-20-26/h7-24H,5-6H2,1-4H3/q+1. The predicted octanol–water partition coefficient (Wildman–Crippen LogP) is 8.35. The summed E-state index contributed by atoms with van der Waals surface area (Å²) in [5, 5.41) is 21.1. The number of hydrogen-bond donors (Lipinski definition) is 0. The number of azo groups is 1. The second-order valence-corrected chi connectivity index (χ2v) is 10.8. The lowest BCUT2D eigenvalue weighted by molar-refractivity contribution is -0.152. The van der Waals surface area contributed by atoms with Crippen LogP contribution in [0.15, 0.2) is 125 Å². The molecule has 0 atom stereocenters. The Morgan fingerprint density at radius 2 is 1.09 bits per heavy atom. The number of fused-ring (bicyclic) bond motifs is 2. The van der Waals surface area contributed by atoms with Crippen LogP contribution in [-0.2, 0) is 27.2 Å². The van der Waals surface area contributed by atoms with Gasteiger partial charge in [-0.1, -0.05) is 107 Å². The van der Waals surface area contributed by atoms with Gasteiger partial charge in [-0.3, -0.25) is 0 Å². The van der Waals surface area contributed by atoms with E-state index in [-0.39, 0.29) is 0 Å². The number of hydrogen-bond acceptors (Lipinski definition) is 4. The van der Waals surface area contributed by atoms with Crippen LogP contribution in [0.25, 0.3) is 44.3 Å². The van der Waals surface area contributed by atoms with Gasteiger partial charge in [0.15, 0.2) is 0 Å². The highest BCUT2D eigenvalue weighted by Crippen LogP contribution is 2.41. The zero-order chi connectivity index (χ0) is 30.9. The van der Waals surface area contributed by atoms with Crippen molar-refractivity contribution in [1.29, 1.82) is 0 Å². The van der Waals surface area contributed by atoms with E-state index < -0.39 is 0 Å². The number of rotatable bonds is 7. The molecule has 222 valence electrons. The summed E-state index contributed by atoms with van der Waals surface area (Å²) in [6.07, 6.45) is 0. The van der Waals surface area contributed by atoms with Crippen molar-refractivity contribution >= 4 is 39.1 Å². The van der Waals surface area contributed by atoms with E-state index >= 15 is 0 Å². The smallest absolute Gasteiger partial charge is 0.339 e. The minimum Gasteiger partial charge on any atom is -0.339 e. The Balaban J connectivity index is 1.38. The molecule has 0 aliphatic heterocycles. The van der Waals surface area contributed by atoms with Crippen molar-refractivity contribution in [2.75, 3.05) is 0 Å². The molecule has 0 spiro atoms. The maximum Gasteiger partial charge on any atom is 0.500 e. The van der Waals surface area contributed by atoms with Gasteiger partial charge in [0.05, 0.1) is 36.5 Å². The van der Waals surface area contributed by atoms with Crippen molar-refractivity contribution in [2.24, 2.45) is 29.4 Å². The summed E-state index contributed by atoms with van der Waals surface area (Å²) in [6, 6.07) is 37.3. The van der Waals surface area contributed by atoms with Gasteiger partial charge < -0.3 is 9.13 Å². The third-order valence-electron chi connectivity index (χ3n) is 8.22. The first-order valence-electron chi connectivity index (χ1n) is 15.2. The molecule has 0 fully saturated rings. The van der Waals surface area contributed by atoms with Crippen LogP contribution in [0.5, 0.6) is 0 Å². The first-order chi connectivity index (χ1) is 22.1. The summed E-state index contributed by atoms with van der Waals surface area (Å²) < 4.78 is 8.08. The summed E-state index contributed by atoms with van der Waals surface area (Å²) >= 11 is 0. The van der Waals surface area contributed by atoms with Gasteiger partial charge in [-0.25, -0.2) is 0 Å². The normalized spacial score (nSPS) is 11.6. The van der Waals surface area contributed by atoms with Gasteiger partial charge in [0.25, 0.3) is 0 Å². The molecular formula is C36H34N9+. The van der Waals surface area contributed by atoms with E-state index in [0.717, 1.165) is 68.8 Å². The third-order valence-corrected chi connectivity index (χ3v) is 8.22. The number of nitrogens with zero attached hydrogens (tertiary/aromatic N) is 9. The SMILES string of the molecule is CCn1c(-c2ccccc2)c(N=Nc2nn(C)c(=[N+]=Nc3c(-c4ccccc4)n(CC)c4ccccc34)n2C)c2ccccc21. The molecule has 0 aliphatic carbocycles. The van der Waals surface area contributed by atoms with E-state index in [9.17, 15) is 0 Å². The van der Waals surface area contributed by atoms with E-state index in [1.54, 1.807) is 4.68 Å². The largest absolute Gasteiger partial charge is 0.500 e. The van der Waals surface area contributed by atoms with Crippen LogP contribution in [0.3, 0.4) is 0 Å². The molecule has 0 saturated carbocycles. The molecule has 4 aromatic carbocycles. The van der Waals surface area contributed by atoms with Crippen LogP contribution < -0.4 is 5.62 Å². The minimum atomic E-state index is 0.429. The molecule has 0 unspecified atom stereocenters. The molecule has 0 bridgehead atoms. The van der Waals surface area contributed by atoms with Crippen molar-refractivity contribution in [3.63, 3.8) is 0 Å². The molecule has 9 heteroatoms. The zero-order valence-corrected chi connectivity index (χ0v) is 25.8. The molecule has 0 radical (unpaired) electrons. The van der Waals surface area contributed by atoms with E-state index in [0.29, 0.717) is 11.6 Å². The lowest BCUT2D eigenvalue weighted by atomic mass is 10.1. The molecule has 9 nitrogen and oxygen atoms in total. The van der Waals surface area contributed by atoms with Crippen molar-refractivity contribution in [3.8, 4) is 22.5 Å². The summed E-state index contributed by atoms with van der Waals surface area (Å²) in [5.41, 5.74) is 8.67. The fraction of sp³-hybridized carbons (Fsp3) is 0.167. The van der Waals surface area contributed by atoms with Crippen LogP contribution in [0.2, 0.25) is 0 Å². The average Bonchev–Trinajstić information content (AvgIpc) is 3.69. The van der Waals surface area contributed by atoms with E-state index in [4.69, 9.17) is 15.0 Å². The number of aryl methyl sites for hydroxylation is 3.